The predicted octanol–water partition coefficient (Wildman–Crippen LogP) is 3.80. The lowest BCUT2D eigenvalue weighted by Crippen LogP contribution is -2.36. The van der Waals surface area contributed by atoms with Crippen LogP contribution in [0.3, 0.4) is 0 Å². The number of hydrogen-bond acceptors (Lipinski definition) is 6. The number of thioether (sulfide) groups is 1. The highest BCUT2D eigenvalue weighted by atomic mass is 35.5. The summed E-state index contributed by atoms with van der Waals surface area (Å²) in [4.78, 5) is 16.1. The average molecular weight is 387 g/mol. The summed E-state index contributed by atoms with van der Waals surface area (Å²) in [5.74, 6) is 1.66. The van der Waals surface area contributed by atoms with Crippen LogP contribution < -0.4 is 0 Å². The van der Waals surface area contributed by atoms with Crippen molar-refractivity contribution in [2.75, 3.05) is 26.3 Å². The van der Waals surface area contributed by atoms with Crippen LogP contribution in [0.15, 0.2) is 47.6 Å². The Bertz CT molecular complexity index is 884. The van der Waals surface area contributed by atoms with E-state index in [-0.39, 0.29) is 0 Å². The molecule has 0 spiro atoms. The molecule has 1 aromatic carbocycles. The van der Waals surface area contributed by atoms with Gasteiger partial charge in [0.25, 0.3) is 0 Å². The van der Waals surface area contributed by atoms with E-state index in [0.29, 0.717) is 5.15 Å². The van der Waals surface area contributed by atoms with Gasteiger partial charge in [0.1, 0.15) is 16.0 Å². The molecule has 1 fully saturated rings. The summed E-state index contributed by atoms with van der Waals surface area (Å²) in [7, 11) is 0. The molecular weight excluding hydrogens is 368 g/mol. The van der Waals surface area contributed by atoms with Crippen LogP contribution in [0.1, 0.15) is 11.4 Å². The second kappa shape index (κ2) is 8.31. The van der Waals surface area contributed by atoms with Crippen LogP contribution in [-0.4, -0.2) is 46.2 Å². The summed E-state index contributed by atoms with van der Waals surface area (Å²) >= 11 is 7.58. The van der Waals surface area contributed by atoms with Gasteiger partial charge in [-0.1, -0.05) is 35.9 Å². The molecule has 3 aromatic rings. The summed E-state index contributed by atoms with van der Waals surface area (Å²) < 4.78 is 5.43. The molecule has 7 heteroatoms. The molecule has 3 heterocycles. The first-order valence-corrected chi connectivity index (χ1v) is 9.93. The summed E-state index contributed by atoms with van der Waals surface area (Å²) in [5, 5.41) is 2.61. The third-order valence-corrected chi connectivity index (χ3v) is 5.53. The molecular formula is C19H19ClN4OS. The normalized spacial score (nSPS) is 15.4. The SMILES string of the molecule is Clc1ccc(CSc2nc(CN3CCOCC3)nc3ccccc23)cn1. The fourth-order valence-corrected chi connectivity index (χ4v) is 3.96. The molecule has 0 aliphatic carbocycles. The lowest BCUT2D eigenvalue weighted by Gasteiger charge is -2.25. The zero-order valence-electron chi connectivity index (χ0n) is 14.3. The first-order chi connectivity index (χ1) is 12.8. The van der Waals surface area contributed by atoms with Crippen molar-refractivity contribution in [3.8, 4) is 0 Å². The molecule has 2 aromatic heterocycles. The Morgan fingerprint density at radius 3 is 2.73 bits per heavy atom. The van der Waals surface area contributed by atoms with Crippen molar-refractivity contribution in [1.29, 1.82) is 0 Å². The zero-order valence-corrected chi connectivity index (χ0v) is 15.8. The average Bonchev–Trinajstić information content (AvgIpc) is 2.68. The second-order valence-corrected chi connectivity index (χ2v) is 7.48. The van der Waals surface area contributed by atoms with Crippen LogP contribution in [0.2, 0.25) is 5.15 Å². The van der Waals surface area contributed by atoms with Crippen LogP contribution in [0.4, 0.5) is 0 Å². The van der Waals surface area contributed by atoms with Gasteiger partial charge in [0.2, 0.25) is 0 Å². The maximum Gasteiger partial charge on any atom is 0.144 e. The monoisotopic (exact) mass is 386 g/mol. The number of aromatic nitrogens is 3. The molecule has 26 heavy (non-hydrogen) atoms. The lowest BCUT2D eigenvalue weighted by molar-refractivity contribution is 0.0330. The number of halogens is 1. The van der Waals surface area contributed by atoms with E-state index in [0.717, 1.165) is 65.9 Å². The number of morpholine rings is 1. The minimum absolute atomic E-state index is 0.513. The molecule has 134 valence electrons. The summed E-state index contributed by atoms with van der Waals surface area (Å²) in [6, 6.07) is 12.0. The van der Waals surface area contributed by atoms with Gasteiger partial charge >= 0.3 is 0 Å². The van der Waals surface area contributed by atoms with Crippen molar-refractivity contribution in [1.82, 2.24) is 19.9 Å². The molecule has 0 atom stereocenters. The van der Waals surface area contributed by atoms with E-state index in [4.69, 9.17) is 26.3 Å². The van der Waals surface area contributed by atoms with E-state index < -0.39 is 0 Å². The fraction of sp³-hybridized carbons (Fsp3) is 0.316. The Morgan fingerprint density at radius 2 is 1.92 bits per heavy atom. The van der Waals surface area contributed by atoms with Crippen LogP contribution in [-0.2, 0) is 17.0 Å². The summed E-state index contributed by atoms with van der Waals surface area (Å²) in [6.45, 7) is 4.16. The van der Waals surface area contributed by atoms with Gasteiger partial charge in [-0.25, -0.2) is 15.0 Å². The molecule has 0 saturated carbocycles. The number of pyridine rings is 1. The largest absolute Gasteiger partial charge is 0.379 e. The van der Waals surface area contributed by atoms with E-state index in [1.54, 1.807) is 11.8 Å². The van der Waals surface area contributed by atoms with Crippen molar-refractivity contribution in [3.05, 3.63) is 59.1 Å². The molecule has 5 nitrogen and oxygen atoms in total. The fourth-order valence-electron chi connectivity index (χ4n) is 2.88. The number of fused-ring (bicyclic) bond motifs is 1. The quantitative estimate of drug-likeness (QED) is 0.377. The Kier molecular flexibility index (Phi) is 5.65. The van der Waals surface area contributed by atoms with Crippen LogP contribution in [0.5, 0.6) is 0 Å². The van der Waals surface area contributed by atoms with Gasteiger partial charge in [-0.3, -0.25) is 4.90 Å². The first-order valence-electron chi connectivity index (χ1n) is 8.57. The minimum atomic E-state index is 0.513. The molecule has 4 rings (SSSR count). The van der Waals surface area contributed by atoms with Gasteiger partial charge in [0.05, 0.1) is 25.3 Å². The molecule has 0 amide bonds. The van der Waals surface area contributed by atoms with E-state index in [1.807, 2.05) is 36.5 Å². The Hall–Kier alpha value is -1.73. The molecule has 0 unspecified atom stereocenters. The maximum absolute atomic E-state index is 5.87. The third kappa shape index (κ3) is 4.32. The Labute approximate surface area is 161 Å². The first kappa shape index (κ1) is 17.7. The van der Waals surface area contributed by atoms with E-state index in [1.165, 1.54) is 0 Å². The Balaban J connectivity index is 1.57. The van der Waals surface area contributed by atoms with Crippen LogP contribution >= 0.6 is 23.4 Å². The van der Waals surface area contributed by atoms with Gasteiger partial charge in [-0.2, -0.15) is 0 Å². The molecule has 0 radical (unpaired) electrons. The molecule has 1 aliphatic rings. The number of para-hydroxylation sites is 1. The highest BCUT2D eigenvalue weighted by Crippen LogP contribution is 2.28. The predicted molar refractivity (Wildman–Crippen MR) is 104 cm³/mol. The van der Waals surface area contributed by atoms with E-state index in [9.17, 15) is 0 Å². The Morgan fingerprint density at radius 1 is 1.08 bits per heavy atom. The standard InChI is InChI=1S/C19H19ClN4OS/c20-17-6-5-14(11-21-17)13-26-19-15-3-1-2-4-16(15)22-18(23-19)12-24-7-9-25-10-8-24/h1-6,11H,7-10,12-13H2. The molecule has 1 saturated heterocycles. The van der Waals surface area contributed by atoms with Gasteiger partial charge in [0.15, 0.2) is 0 Å². The van der Waals surface area contributed by atoms with Crippen LogP contribution in [0.25, 0.3) is 10.9 Å². The van der Waals surface area contributed by atoms with Gasteiger partial charge in [0, 0.05) is 30.4 Å². The number of ether oxygens (including phenoxy) is 1. The van der Waals surface area contributed by atoms with Gasteiger partial charge in [-0.05, 0) is 17.7 Å². The van der Waals surface area contributed by atoms with Gasteiger partial charge in [-0.15, -0.1) is 11.8 Å². The summed E-state index contributed by atoms with van der Waals surface area (Å²) in [5.41, 5.74) is 2.11. The van der Waals surface area contributed by atoms with Crippen LogP contribution in [0, 0.1) is 0 Å². The molecule has 1 aliphatic heterocycles. The van der Waals surface area contributed by atoms with Crippen molar-refractivity contribution in [2.24, 2.45) is 0 Å². The number of hydrogen-bond donors (Lipinski definition) is 0. The number of nitrogens with zero attached hydrogens (tertiary/aromatic N) is 4. The molecule has 0 bridgehead atoms. The third-order valence-electron chi connectivity index (χ3n) is 4.25. The van der Waals surface area contributed by atoms with Gasteiger partial charge < -0.3 is 4.74 Å². The van der Waals surface area contributed by atoms with Crippen molar-refractivity contribution in [2.45, 2.75) is 17.3 Å². The molecule has 0 N–H and O–H groups in total. The number of benzene rings is 1. The van der Waals surface area contributed by atoms with E-state index in [2.05, 4.69) is 16.0 Å². The van der Waals surface area contributed by atoms with Crippen molar-refractivity contribution in [3.63, 3.8) is 0 Å². The smallest absolute Gasteiger partial charge is 0.144 e. The lowest BCUT2D eigenvalue weighted by atomic mass is 10.2. The topological polar surface area (TPSA) is 51.1 Å². The van der Waals surface area contributed by atoms with Crippen molar-refractivity contribution < 1.29 is 4.74 Å². The zero-order chi connectivity index (χ0) is 17.8. The second-order valence-electron chi connectivity index (χ2n) is 6.13. The highest BCUT2D eigenvalue weighted by Gasteiger charge is 2.14. The summed E-state index contributed by atoms with van der Waals surface area (Å²) in [6.07, 6.45) is 1.81. The van der Waals surface area contributed by atoms with E-state index >= 15 is 0 Å². The maximum atomic E-state index is 5.87. The van der Waals surface area contributed by atoms with Crippen molar-refractivity contribution >= 4 is 34.3 Å². The minimum Gasteiger partial charge on any atom is -0.379 e. The highest BCUT2D eigenvalue weighted by molar-refractivity contribution is 7.98. The number of rotatable bonds is 5.